The molecule has 1 atom stereocenters. The molecule has 2 aromatic rings. The van der Waals surface area contributed by atoms with Gasteiger partial charge in [-0.15, -0.1) is 0 Å². The molecule has 164 valence electrons. The van der Waals surface area contributed by atoms with E-state index in [4.69, 9.17) is 4.42 Å². The highest BCUT2D eigenvalue weighted by Crippen LogP contribution is 2.60. The molecule has 4 bridgehead atoms. The molecule has 5 nitrogen and oxygen atoms in total. The van der Waals surface area contributed by atoms with E-state index in [-0.39, 0.29) is 23.3 Å². The average Bonchev–Trinajstić information content (AvgIpc) is 3.18. The number of hydrogen-bond acceptors (Lipinski definition) is 3. The maximum atomic E-state index is 13.1. The normalized spacial score (nSPS) is 29.5. The van der Waals surface area contributed by atoms with E-state index in [9.17, 15) is 9.59 Å². The van der Waals surface area contributed by atoms with E-state index in [1.807, 2.05) is 50.2 Å². The molecule has 6 rings (SSSR count). The molecule has 1 heterocycles. The van der Waals surface area contributed by atoms with E-state index in [1.165, 1.54) is 19.3 Å². The Labute approximate surface area is 184 Å². The predicted molar refractivity (Wildman–Crippen MR) is 118 cm³/mol. The summed E-state index contributed by atoms with van der Waals surface area (Å²) < 4.78 is 5.59. The summed E-state index contributed by atoms with van der Waals surface area (Å²) in [5, 5.41) is 6.18. The number of carbonyl (C=O) groups excluding carboxylic acids is 2. The summed E-state index contributed by atoms with van der Waals surface area (Å²) in [6.07, 6.45) is 7.27. The Kier molecular flexibility index (Phi) is 5.15. The van der Waals surface area contributed by atoms with Gasteiger partial charge in [-0.2, -0.15) is 0 Å². The van der Waals surface area contributed by atoms with Crippen LogP contribution in [0.1, 0.15) is 78.9 Å². The maximum Gasteiger partial charge on any atom is 0.251 e. The number of furan rings is 1. The second-order valence-electron chi connectivity index (χ2n) is 10.2. The predicted octanol–water partition coefficient (Wildman–Crippen LogP) is 4.91. The van der Waals surface area contributed by atoms with Crippen molar-refractivity contribution in [3.8, 4) is 0 Å². The Morgan fingerprint density at radius 3 is 2.16 bits per heavy atom. The molecule has 4 aliphatic rings. The van der Waals surface area contributed by atoms with Gasteiger partial charge in [0, 0.05) is 17.5 Å². The molecule has 0 spiro atoms. The maximum absolute atomic E-state index is 13.1. The highest BCUT2D eigenvalue weighted by molar-refractivity contribution is 5.94. The topological polar surface area (TPSA) is 71.3 Å². The van der Waals surface area contributed by atoms with Gasteiger partial charge in [0.15, 0.2) is 0 Å². The third-order valence-corrected chi connectivity index (χ3v) is 7.72. The highest BCUT2D eigenvalue weighted by atomic mass is 16.3. The Balaban J connectivity index is 1.16. The molecule has 1 unspecified atom stereocenters. The molecule has 1 aromatic carbocycles. The fourth-order valence-corrected chi connectivity index (χ4v) is 6.57. The zero-order chi connectivity index (χ0) is 21.6. The Bertz CT molecular complexity index is 940. The smallest absolute Gasteiger partial charge is 0.251 e. The van der Waals surface area contributed by atoms with Gasteiger partial charge in [0.1, 0.15) is 11.5 Å². The van der Waals surface area contributed by atoms with Crippen LogP contribution in [-0.4, -0.2) is 11.8 Å². The lowest BCUT2D eigenvalue weighted by Crippen LogP contribution is -2.53. The summed E-state index contributed by atoms with van der Waals surface area (Å²) in [6.45, 7) is 4.31. The molecule has 2 N–H and O–H groups in total. The Morgan fingerprint density at radius 2 is 1.61 bits per heavy atom. The van der Waals surface area contributed by atoms with Gasteiger partial charge < -0.3 is 15.1 Å². The summed E-state index contributed by atoms with van der Waals surface area (Å²) in [5.41, 5.74) is 1.50. The average molecular weight is 421 g/mol. The molecule has 0 radical (unpaired) electrons. The third kappa shape index (κ3) is 4.02. The fourth-order valence-electron chi connectivity index (χ4n) is 6.57. The molecule has 4 aliphatic carbocycles. The van der Waals surface area contributed by atoms with Crippen LogP contribution >= 0.6 is 0 Å². The quantitative estimate of drug-likeness (QED) is 0.697. The highest BCUT2D eigenvalue weighted by Gasteiger charge is 2.54. The van der Waals surface area contributed by atoms with Crippen molar-refractivity contribution in [2.24, 2.45) is 23.2 Å². The molecule has 0 aliphatic heterocycles. The van der Waals surface area contributed by atoms with E-state index >= 15 is 0 Å². The zero-order valence-electron chi connectivity index (χ0n) is 18.4. The van der Waals surface area contributed by atoms with Crippen LogP contribution in [0.3, 0.4) is 0 Å². The van der Waals surface area contributed by atoms with Crippen LogP contribution in [0.5, 0.6) is 0 Å². The lowest BCUT2D eigenvalue weighted by Gasteiger charge is -2.55. The van der Waals surface area contributed by atoms with Gasteiger partial charge in [-0.3, -0.25) is 9.59 Å². The van der Waals surface area contributed by atoms with Crippen LogP contribution < -0.4 is 10.6 Å². The van der Waals surface area contributed by atoms with Gasteiger partial charge in [0.25, 0.3) is 5.91 Å². The second-order valence-corrected chi connectivity index (χ2v) is 10.2. The standard InChI is InChI=1S/C26H32N2O3/c1-16-3-8-23(31-16)17(2)28-24(29)22-6-4-18(5-7-22)15-27-25(30)26-12-19-9-20(13-26)11-21(10-19)14-26/h3-8,17,19-21H,9-15H2,1-2H3,(H,27,30)(H,28,29). The van der Waals surface area contributed by atoms with Crippen LogP contribution in [0.15, 0.2) is 40.8 Å². The van der Waals surface area contributed by atoms with Crippen molar-refractivity contribution in [1.29, 1.82) is 0 Å². The van der Waals surface area contributed by atoms with Crippen LogP contribution in [0.2, 0.25) is 0 Å². The lowest BCUT2D eigenvalue weighted by atomic mass is 9.49. The van der Waals surface area contributed by atoms with Crippen molar-refractivity contribution < 1.29 is 14.0 Å². The Morgan fingerprint density at radius 1 is 1.00 bits per heavy atom. The molecular formula is C26H32N2O3. The van der Waals surface area contributed by atoms with Crippen LogP contribution in [0.4, 0.5) is 0 Å². The SMILES string of the molecule is Cc1ccc(C(C)NC(=O)c2ccc(CNC(=O)C34CC5CC(CC(C5)C3)C4)cc2)o1. The van der Waals surface area contributed by atoms with Crippen LogP contribution in [-0.2, 0) is 11.3 Å². The van der Waals surface area contributed by atoms with Gasteiger partial charge in [0.05, 0.1) is 6.04 Å². The first-order chi connectivity index (χ1) is 14.9. The number of carbonyl (C=O) groups is 2. The largest absolute Gasteiger partial charge is 0.464 e. The van der Waals surface area contributed by atoms with E-state index < -0.39 is 0 Å². The molecule has 2 amide bonds. The Hall–Kier alpha value is -2.56. The third-order valence-electron chi connectivity index (χ3n) is 7.72. The molecule has 1 aromatic heterocycles. The van der Waals surface area contributed by atoms with Crippen molar-refractivity contribution in [1.82, 2.24) is 10.6 Å². The van der Waals surface area contributed by atoms with E-state index in [0.717, 1.165) is 54.1 Å². The number of hydrogen-bond donors (Lipinski definition) is 2. The monoisotopic (exact) mass is 420 g/mol. The molecule has 5 heteroatoms. The number of benzene rings is 1. The van der Waals surface area contributed by atoms with Gasteiger partial charge >= 0.3 is 0 Å². The molecule has 4 fully saturated rings. The van der Waals surface area contributed by atoms with Crippen molar-refractivity contribution >= 4 is 11.8 Å². The van der Waals surface area contributed by atoms with Gasteiger partial charge in [-0.1, -0.05) is 12.1 Å². The summed E-state index contributed by atoms with van der Waals surface area (Å²) in [4.78, 5) is 25.7. The van der Waals surface area contributed by atoms with E-state index in [2.05, 4.69) is 10.6 Å². The zero-order valence-corrected chi connectivity index (χ0v) is 18.4. The van der Waals surface area contributed by atoms with Gasteiger partial charge in [0.2, 0.25) is 5.91 Å². The summed E-state index contributed by atoms with van der Waals surface area (Å²) in [6, 6.07) is 11.1. The fraction of sp³-hybridized carbons (Fsp3) is 0.538. The minimum absolute atomic E-state index is 0.116. The first kappa shape index (κ1) is 20.3. The van der Waals surface area contributed by atoms with Gasteiger partial charge in [-0.25, -0.2) is 0 Å². The van der Waals surface area contributed by atoms with Crippen LogP contribution in [0, 0.1) is 30.1 Å². The summed E-state index contributed by atoms with van der Waals surface area (Å²) >= 11 is 0. The van der Waals surface area contributed by atoms with Crippen LogP contribution in [0.25, 0.3) is 0 Å². The molecule has 0 saturated heterocycles. The van der Waals surface area contributed by atoms with E-state index in [1.54, 1.807) is 0 Å². The lowest BCUT2D eigenvalue weighted by molar-refractivity contribution is -0.146. The first-order valence-electron chi connectivity index (χ1n) is 11.6. The van der Waals surface area contributed by atoms with Crippen molar-refractivity contribution in [3.63, 3.8) is 0 Å². The molecule has 4 saturated carbocycles. The number of nitrogens with one attached hydrogen (secondary N) is 2. The number of rotatable bonds is 6. The van der Waals surface area contributed by atoms with E-state index in [0.29, 0.717) is 12.1 Å². The van der Waals surface area contributed by atoms with Crippen molar-refractivity contribution in [2.45, 2.75) is 65.0 Å². The first-order valence-corrected chi connectivity index (χ1v) is 11.6. The number of amides is 2. The van der Waals surface area contributed by atoms with Gasteiger partial charge in [-0.05, 0) is 100.0 Å². The molecule has 31 heavy (non-hydrogen) atoms. The summed E-state index contributed by atoms with van der Waals surface area (Å²) in [5.74, 6) is 3.99. The van der Waals surface area contributed by atoms with Crippen molar-refractivity contribution in [2.75, 3.05) is 0 Å². The van der Waals surface area contributed by atoms with Crippen molar-refractivity contribution in [3.05, 3.63) is 59.0 Å². The minimum atomic E-state index is -0.194. The second kappa shape index (κ2) is 7.85. The number of aryl methyl sites for hydroxylation is 1. The summed E-state index contributed by atoms with van der Waals surface area (Å²) in [7, 11) is 0. The minimum Gasteiger partial charge on any atom is -0.464 e. The molecular weight excluding hydrogens is 388 g/mol.